The highest BCUT2D eigenvalue weighted by Crippen LogP contribution is 2.31. The molecule has 2 rings (SSSR count). The molecule has 0 aliphatic rings. The molecule has 0 unspecified atom stereocenters. The molecule has 4 heteroatoms. The standard InChI is InChI=1S/C14H10ClNOS/c1-18-14-4-2-3-13(12(14)9-16)17-11-7-5-10(15)6-8-11/h2-8H,1H3. The van der Waals surface area contributed by atoms with Crippen molar-refractivity contribution >= 4 is 23.4 Å². The zero-order chi connectivity index (χ0) is 13.0. The van der Waals surface area contributed by atoms with Gasteiger partial charge in [-0.05, 0) is 42.7 Å². The summed E-state index contributed by atoms with van der Waals surface area (Å²) in [5.41, 5.74) is 0.556. The van der Waals surface area contributed by atoms with E-state index in [1.807, 2.05) is 18.4 Å². The van der Waals surface area contributed by atoms with Gasteiger partial charge in [-0.15, -0.1) is 11.8 Å². The van der Waals surface area contributed by atoms with E-state index in [2.05, 4.69) is 6.07 Å². The van der Waals surface area contributed by atoms with E-state index >= 15 is 0 Å². The Balaban J connectivity index is 2.35. The van der Waals surface area contributed by atoms with Gasteiger partial charge >= 0.3 is 0 Å². The molecule has 0 spiro atoms. The number of halogens is 1. The van der Waals surface area contributed by atoms with Crippen molar-refractivity contribution in [3.8, 4) is 17.6 Å². The average molecular weight is 276 g/mol. The van der Waals surface area contributed by atoms with Gasteiger partial charge in [-0.1, -0.05) is 17.7 Å². The zero-order valence-corrected chi connectivity index (χ0v) is 11.3. The van der Waals surface area contributed by atoms with Crippen LogP contribution in [0.15, 0.2) is 47.4 Å². The van der Waals surface area contributed by atoms with E-state index < -0.39 is 0 Å². The maximum atomic E-state index is 9.19. The van der Waals surface area contributed by atoms with Gasteiger partial charge in [-0.2, -0.15) is 5.26 Å². The predicted molar refractivity (Wildman–Crippen MR) is 74.5 cm³/mol. The number of nitrogens with zero attached hydrogens (tertiary/aromatic N) is 1. The maximum Gasteiger partial charge on any atom is 0.146 e. The second kappa shape index (κ2) is 5.81. The van der Waals surface area contributed by atoms with Crippen LogP contribution in [0.2, 0.25) is 5.02 Å². The topological polar surface area (TPSA) is 33.0 Å². The Labute approximate surface area is 115 Å². The highest BCUT2D eigenvalue weighted by molar-refractivity contribution is 7.98. The monoisotopic (exact) mass is 275 g/mol. The Kier molecular flexibility index (Phi) is 4.14. The summed E-state index contributed by atoms with van der Waals surface area (Å²) in [6.45, 7) is 0. The molecule has 90 valence electrons. The molecule has 0 heterocycles. The van der Waals surface area contributed by atoms with Crippen molar-refractivity contribution in [2.75, 3.05) is 6.26 Å². The van der Waals surface area contributed by atoms with Gasteiger partial charge in [0, 0.05) is 9.92 Å². The molecular formula is C14H10ClNOS. The predicted octanol–water partition coefficient (Wildman–Crippen LogP) is 4.73. The van der Waals surface area contributed by atoms with Gasteiger partial charge in [-0.3, -0.25) is 0 Å². The first-order valence-electron chi connectivity index (χ1n) is 5.25. The number of benzene rings is 2. The molecule has 0 radical (unpaired) electrons. The van der Waals surface area contributed by atoms with Gasteiger partial charge in [0.15, 0.2) is 0 Å². The van der Waals surface area contributed by atoms with E-state index in [9.17, 15) is 5.26 Å². The molecular weight excluding hydrogens is 266 g/mol. The van der Waals surface area contributed by atoms with E-state index in [-0.39, 0.29) is 0 Å². The van der Waals surface area contributed by atoms with Gasteiger partial charge in [0.1, 0.15) is 23.1 Å². The first-order valence-corrected chi connectivity index (χ1v) is 6.85. The minimum absolute atomic E-state index is 0.556. The van der Waals surface area contributed by atoms with Crippen LogP contribution in [0.25, 0.3) is 0 Å². The minimum Gasteiger partial charge on any atom is -0.456 e. The lowest BCUT2D eigenvalue weighted by Gasteiger charge is -2.09. The third-order valence-electron chi connectivity index (χ3n) is 2.36. The third-order valence-corrected chi connectivity index (χ3v) is 3.39. The maximum absolute atomic E-state index is 9.19. The largest absolute Gasteiger partial charge is 0.456 e. The van der Waals surface area contributed by atoms with Crippen LogP contribution in [0, 0.1) is 11.3 Å². The summed E-state index contributed by atoms with van der Waals surface area (Å²) in [5.74, 6) is 1.22. The lowest BCUT2D eigenvalue weighted by molar-refractivity contribution is 0.479. The summed E-state index contributed by atoms with van der Waals surface area (Å²) in [6.07, 6.45) is 1.93. The highest BCUT2D eigenvalue weighted by Gasteiger charge is 2.09. The van der Waals surface area contributed by atoms with Crippen LogP contribution in [0.5, 0.6) is 11.5 Å². The SMILES string of the molecule is CSc1cccc(Oc2ccc(Cl)cc2)c1C#N. The van der Waals surface area contributed by atoms with Crippen molar-refractivity contribution in [2.24, 2.45) is 0 Å². The quantitative estimate of drug-likeness (QED) is 0.760. The molecule has 0 bridgehead atoms. The highest BCUT2D eigenvalue weighted by atomic mass is 35.5. The molecule has 2 aromatic rings. The molecule has 0 aliphatic heterocycles. The van der Waals surface area contributed by atoms with Crippen LogP contribution in [-0.4, -0.2) is 6.26 Å². The van der Waals surface area contributed by atoms with Crippen LogP contribution < -0.4 is 4.74 Å². The van der Waals surface area contributed by atoms with Crippen molar-refractivity contribution in [2.45, 2.75) is 4.90 Å². The molecule has 0 aromatic heterocycles. The first kappa shape index (κ1) is 12.8. The van der Waals surface area contributed by atoms with Crippen LogP contribution in [0.4, 0.5) is 0 Å². The van der Waals surface area contributed by atoms with E-state index in [1.54, 1.807) is 30.3 Å². The molecule has 0 atom stereocenters. The van der Waals surface area contributed by atoms with Crippen molar-refractivity contribution < 1.29 is 4.74 Å². The van der Waals surface area contributed by atoms with Crippen LogP contribution in [0.3, 0.4) is 0 Å². The Morgan fingerprint density at radius 1 is 1.17 bits per heavy atom. The van der Waals surface area contributed by atoms with Gasteiger partial charge in [-0.25, -0.2) is 0 Å². The summed E-state index contributed by atoms with van der Waals surface area (Å²) >= 11 is 7.33. The molecule has 0 saturated heterocycles. The number of hydrogen-bond donors (Lipinski definition) is 0. The first-order chi connectivity index (χ1) is 8.74. The number of rotatable bonds is 3. The Hall–Kier alpha value is -1.63. The van der Waals surface area contributed by atoms with Crippen molar-refractivity contribution in [3.63, 3.8) is 0 Å². The molecule has 0 aliphatic carbocycles. The summed E-state index contributed by atoms with van der Waals surface area (Å²) in [5, 5.41) is 9.84. The van der Waals surface area contributed by atoms with Gasteiger partial charge in [0.2, 0.25) is 0 Å². The van der Waals surface area contributed by atoms with E-state index in [1.165, 1.54) is 11.8 Å². The Morgan fingerprint density at radius 2 is 1.89 bits per heavy atom. The Bertz CT molecular complexity index is 590. The smallest absolute Gasteiger partial charge is 0.146 e. The van der Waals surface area contributed by atoms with Gasteiger partial charge in [0.05, 0.1) is 0 Å². The number of thioether (sulfide) groups is 1. The zero-order valence-electron chi connectivity index (χ0n) is 9.68. The van der Waals surface area contributed by atoms with E-state index in [4.69, 9.17) is 16.3 Å². The average Bonchev–Trinajstić information content (AvgIpc) is 2.41. The number of hydrogen-bond acceptors (Lipinski definition) is 3. The summed E-state index contributed by atoms with van der Waals surface area (Å²) in [4.78, 5) is 0.906. The lowest BCUT2D eigenvalue weighted by Crippen LogP contribution is -1.90. The molecule has 0 amide bonds. The molecule has 2 aromatic carbocycles. The fourth-order valence-corrected chi connectivity index (χ4v) is 2.20. The second-order valence-electron chi connectivity index (χ2n) is 3.50. The fourth-order valence-electron chi connectivity index (χ4n) is 1.51. The lowest BCUT2D eigenvalue weighted by atomic mass is 10.2. The molecule has 2 nitrogen and oxygen atoms in total. The van der Waals surface area contributed by atoms with Crippen LogP contribution >= 0.6 is 23.4 Å². The van der Waals surface area contributed by atoms with Crippen molar-refractivity contribution in [1.82, 2.24) is 0 Å². The van der Waals surface area contributed by atoms with Crippen LogP contribution in [0.1, 0.15) is 5.56 Å². The summed E-state index contributed by atoms with van der Waals surface area (Å²) in [7, 11) is 0. The second-order valence-corrected chi connectivity index (χ2v) is 4.79. The number of ether oxygens (including phenoxy) is 1. The van der Waals surface area contributed by atoms with Gasteiger partial charge in [0.25, 0.3) is 0 Å². The third kappa shape index (κ3) is 2.79. The molecule has 0 saturated carbocycles. The minimum atomic E-state index is 0.556. The van der Waals surface area contributed by atoms with E-state index in [0.29, 0.717) is 22.1 Å². The van der Waals surface area contributed by atoms with E-state index in [0.717, 1.165) is 4.90 Å². The Morgan fingerprint density at radius 3 is 2.50 bits per heavy atom. The molecule has 0 fully saturated rings. The normalized spacial score (nSPS) is 9.83. The fraction of sp³-hybridized carbons (Fsp3) is 0.0714. The summed E-state index contributed by atoms with van der Waals surface area (Å²) in [6, 6.07) is 14.8. The molecule has 18 heavy (non-hydrogen) atoms. The van der Waals surface area contributed by atoms with Gasteiger partial charge < -0.3 is 4.74 Å². The molecule has 0 N–H and O–H groups in total. The van der Waals surface area contributed by atoms with Crippen molar-refractivity contribution in [3.05, 3.63) is 53.1 Å². The van der Waals surface area contributed by atoms with Crippen molar-refractivity contribution in [1.29, 1.82) is 5.26 Å². The summed E-state index contributed by atoms with van der Waals surface area (Å²) < 4.78 is 5.70. The number of nitriles is 1. The van der Waals surface area contributed by atoms with Crippen LogP contribution in [-0.2, 0) is 0 Å².